The zero-order valence-electron chi connectivity index (χ0n) is 15.4. The van der Waals surface area contributed by atoms with Crippen LogP contribution < -0.4 is 5.43 Å². The van der Waals surface area contributed by atoms with E-state index in [2.05, 4.69) is 44.2 Å². The van der Waals surface area contributed by atoms with Gasteiger partial charge in [0.2, 0.25) is 0 Å². The standard InChI is InChI=1S/C23H16N4O/c1-11-24-9-19(26-11)15-5-13-3-4-14-6-16(20-10-25-12(2)27-20)8-18-22(14)21(13)17(7-15)23(18)28/h3-10H,1-2H3,(H,24,26)(H,25,27). The van der Waals surface area contributed by atoms with Crippen LogP contribution in [0.1, 0.15) is 11.6 Å². The van der Waals surface area contributed by atoms with Crippen molar-refractivity contribution in [3.05, 3.63) is 70.7 Å². The first-order valence-electron chi connectivity index (χ1n) is 9.22. The molecule has 4 aromatic carbocycles. The van der Waals surface area contributed by atoms with Crippen molar-refractivity contribution in [3.8, 4) is 22.5 Å². The molecule has 0 saturated heterocycles. The minimum atomic E-state index is 0.0763. The molecular weight excluding hydrogens is 348 g/mol. The van der Waals surface area contributed by atoms with Crippen LogP contribution in [0.5, 0.6) is 0 Å². The highest BCUT2D eigenvalue weighted by Crippen LogP contribution is 2.38. The number of nitrogens with zero attached hydrogens (tertiary/aromatic N) is 2. The van der Waals surface area contributed by atoms with Gasteiger partial charge in [-0.25, -0.2) is 9.97 Å². The number of H-pyrrole nitrogens is 2. The molecule has 0 aliphatic rings. The second-order valence-electron chi connectivity index (χ2n) is 7.40. The fourth-order valence-corrected chi connectivity index (χ4v) is 4.28. The number of imidazole rings is 2. The van der Waals surface area contributed by atoms with E-state index in [4.69, 9.17) is 0 Å². The number of aromatic nitrogens is 4. The predicted molar refractivity (Wildman–Crippen MR) is 112 cm³/mol. The van der Waals surface area contributed by atoms with Gasteiger partial charge < -0.3 is 9.97 Å². The van der Waals surface area contributed by atoms with Crippen molar-refractivity contribution < 1.29 is 0 Å². The largest absolute Gasteiger partial charge is 0.342 e. The molecule has 5 heteroatoms. The summed E-state index contributed by atoms with van der Waals surface area (Å²) in [5.41, 5.74) is 3.88. The third-order valence-corrected chi connectivity index (χ3v) is 5.55. The smallest absolute Gasteiger partial charge is 0.194 e. The van der Waals surface area contributed by atoms with E-state index in [-0.39, 0.29) is 5.43 Å². The maximum absolute atomic E-state index is 13.3. The molecule has 2 heterocycles. The lowest BCUT2D eigenvalue weighted by atomic mass is 9.97. The summed E-state index contributed by atoms with van der Waals surface area (Å²) in [6.45, 7) is 3.85. The fourth-order valence-electron chi connectivity index (χ4n) is 4.28. The van der Waals surface area contributed by atoms with Crippen molar-refractivity contribution in [1.82, 2.24) is 19.9 Å². The molecular formula is C23H16N4O. The Labute approximate surface area is 159 Å². The van der Waals surface area contributed by atoms with Gasteiger partial charge in [0.15, 0.2) is 5.43 Å². The summed E-state index contributed by atoms with van der Waals surface area (Å²) < 4.78 is 0. The molecule has 6 rings (SSSR count). The number of hydrogen-bond donors (Lipinski definition) is 2. The molecule has 0 bridgehead atoms. The van der Waals surface area contributed by atoms with Gasteiger partial charge in [-0.05, 0) is 48.9 Å². The van der Waals surface area contributed by atoms with Crippen LogP contribution in [0.4, 0.5) is 0 Å². The predicted octanol–water partition coefficient (Wildman–Crippen LogP) is 4.78. The summed E-state index contributed by atoms with van der Waals surface area (Å²) in [5.74, 6) is 1.71. The summed E-state index contributed by atoms with van der Waals surface area (Å²) in [7, 11) is 0. The van der Waals surface area contributed by atoms with Crippen LogP contribution in [0.15, 0.2) is 53.6 Å². The second-order valence-corrected chi connectivity index (χ2v) is 7.40. The Balaban J connectivity index is 1.71. The first-order chi connectivity index (χ1) is 13.6. The summed E-state index contributed by atoms with van der Waals surface area (Å²) in [5, 5.41) is 5.76. The van der Waals surface area contributed by atoms with Gasteiger partial charge in [0.05, 0.1) is 23.8 Å². The van der Waals surface area contributed by atoms with E-state index in [1.165, 1.54) is 0 Å². The average molecular weight is 364 g/mol. The molecule has 6 aromatic rings. The molecule has 0 aliphatic carbocycles. The van der Waals surface area contributed by atoms with Crippen LogP contribution in [0, 0.1) is 13.8 Å². The van der Waals surface area contributed by atoms with E-state index in [1.807, 2.05) is 38.4 Å². The van der Waals surface area contributed by atoms with Gasteiger partial charge in [-0.3, -0.25) is 4.79 Å². The molecule has 0 fully saturated rings. The number of aryl methyl sites for hydroxylation is 2. The topological polar surface area (TPSA) is 74.4 Å². The van der Waals surface area contributed by atoms with Crippen molar-refractivity contribution in [3.63, 3.8) is 0 Å². The minimum absolute atomic E-state index is 0.0763. The van der Waals surface area contributed by atoms with E-state index in [9.17, 15) is 4.79 Å². The summed E-state index contributed by atoms with van der Waals surface area (Å²) in [6.07, 6.45) is 3.62. The first kappa shape index (κ1) is 15.3. The number of rotatable bonds is 2. The summed E-state index contributed by atoms with van der Waals surface area (Å²) in [6, 6.07) is 12.4. The molecule has 28 heavy (non-hydrogen) atoms. The van der Waals surface area contributed by atoms with Crippen LogP contribution in [0.3, 0.4) is 0 Å². The highest BCUT2D eigenvalue weighted by atomic mass is 16.1. The molecule has 2 N–H and O–H groups in total. The molecule has 0 spiro atoms. The van der Waals surface area contributed by atoms with Crippen LogP contribution in [0.2, 0.25) is 0 Å². The van der Waals surface area contributed by atoms with Gasteiger partial charge in [-0.2, -0.15) is 0 Å². The molecule has 5 nitrogen and oxygen atoms in total. The van der Waals surface area contributed by atoms with Gasteiger partial charge in [0.25, 0.3) is 0 Å². The maximum Gasteiger partial charge on any atom is 0.194 e. The molecule has 0 amide bonds. The maximum atomic E-state index is 13.3. The Morgan fingerprint density at radius 1 is 0.714 bits per heavy atom. The van der Waals surface area contributed by atoms with E-state index in [1.54, 1.807) is 0 Å². The van der Waals surface area contributed by atoms with Crippen LogP contribution >= 0.6 is 0 Å². The van der Waals surface area contributed by atoms with Gasteiger partial charge >= 0.3 is 0 Å². The lowest BCUT2D eigenvalue weighted by molar-refractivity contribution is 1.15. The Hall–Kier alpha value is -3.73. The summed E-state index contributed by atoms with van der Waals surface area (Å²) >= 11 is 0. The molecule has 0 unspecified atom stereocenters. The van der Waals surface area contributed by atoms with Crippen LogP contribution in [0.25, 0.3) is 54.8 Å². The normalized spacial score (nSPS) is 12.1. The van der Waals surface area contributed by atoms with Gasteiger partial charge in [-0.15, -0.1) is 0 Å². The van der Waals surface area contributed by atoms with Crippen LogP contribution in [-0.2, 0) is 0 Å². The number of benzene rings is 3. The molecule has 0 radical (unpaired) electrons. The van der Waals surface area contributed by atoms with Crippen LogP contribution in [-0.4, -0.2) is 19.9 Å². The second kappa shape index (κ2) is 5.16. The van der Waals surface area contributed by atoms with E-state index in [0.29, 0.717) is 0 Å². The Bertz CT molecular complexity index is 1440. The van der Waals surface area contributed by atoms with Gasteiger partial charge in [0, 0.05) is 32.7 Å². The Morgan fingerprint density at radius 2 is 1.18 bits per heavy atom. The Kier molecular flexibility index (Phi) is 2.83. The molecule has 134 valence electrons. The van der Waals surface area contributed by atoms with Gasteiger partial charge in [-0.1, -0.05) is 12.1 Å². The highest BCUT2D eigenvalue weighted by molar-refractivity contribution is 6.27. The van der Waals surface area contributed by atoms with Gasteiger partial charge in [0.1, 0.15) is 11.6 Å². The molecule has 0 atom stereocenters. The van der Waals surface area contributed by atoms with E-state index in [0.717, 1.165) is 66.5 Å². The SMILES string of the molecule is Cc1ncc(-c2cc3ccc4cc(-c5cnc(C)[nH]5)cc5c(=O)c(c2)c3c45)[nH]1. The van der Waals surface area contributed by atoms with Crippen molar-refractivity contribution in [2.24, 2.45) is 0 Å². The summed E-state index contributed by atoms with van der Waals surface area (Å²) in [4.78, 5) is 28.4. The third kappa shape index (κ3) is 1.98. The zero-order valence-corrected chi connectivity index (χ0v) is 15.4. The number of aromatic amines is 2. The minimum Gasteiger partial charge on any atom is -0.342 e. The molecule has 0 saturated carbocycles. The van der Waals surface area contributed by atoms with E-state index >= 15 is 0 Å². The third-order valence-electron chi connectivity index (χ3n) is 5.55. The molecule has 2 aromatic heterocycles. The van der Waals surface area contributed by atoms with Crippen molar-refractivity contribution in [2.45, 2.75) is 13.8 Å². The quantitative estimate of drug-likeness (QED) is 0.434. The molecule has 0 aliphatic heterocycles. The fraction of sp³-hybridized carbons (Fsp3) is 0.0870. The number of hydrogen-bond acceptors (Lipinski definition) is 3. The van der Waals surface area contributed by atoms with Crippen molar-refractivity contribution in [1.29, 1.82) is 0 Å². The first-order valence-corrected chi connectivity index (χ1v) is 9.22. The zero-order chi connectivity index (χ0) is 19.0. The lowest BCUT2D eigenvalue weighted by Crippen LogP contribution is -1.94. The van der Waals surface area contributed by atoms with Crippen molar-refractivity contribution in [2.75, 3.05) is 0 Å². The average Bonchev–Trinajstić information content (AvgIpc) is 3.39. The highest BCUT2D eigenvalue weighted by Gasteiger charge is 2.18. The van der Waals surface area contributed by atoms with Crippen molar-refractivity contribution >= 4 is 32.3 Å². The lowest BCUT2D eigenvalue weighted by Gasteiger charge is -2.06. The monoisotopic (exact) mass is 364 g/mol. The van der Waals surface area contributed by atoms with E-state index < -0.39 is 0 Å². The Morgan fingerprint density at radius 3 is 1.57 bits per heavy atom. The number of nitrogens with one attached hydrogen (secondary N) is 2.